The summed E-state index contributed by atoms with van der Waals surface area (Å²) in [6, 6.07) is 3.54. The molecule has 0 aliphatic carbocycles. The summed E-state index contributed by atoms with van der Waals surface area (Å²) >= 11 is 0. The van der Waals surface area contributed by atoms with Gasteiger partial charge in [-0.2, -0.15) is 0 Å². The van der Waals surface area contributed by atoms with Crippen LogP contribution in [0.3, 0.4) is 0 Å². The molecule has 1 aromatic rings. The number of hydrogen-bond donors (Lipinski definition) is 0. The van der Waals surface area contributed by atoms with E-state index in [2.05, 4.69) is 0 Å². The number of benzene rings is 1. The molecule has 3 heteroatoms. The van der Waals surface area contributed by atoms with Crippen LogP contribution in [0.1, 0.15) is 12.5 Å². The summed E-state index contributed by atoms with van der Waals surface area (Å²) in [7, 11) is 0. The van der Waals surface area contributed by atoms with Crippen molar-refractivity contribution < 1.29 is 13.5 Å². The maximum Gasteiger partial charge on any atom is 0.127 e. The molecule has 0 atom stereocenters. The molecule has 0 bridgehead atoms. The van der Waals surface area contributed by atoms with Crippen LogP contribution >= 0.6 is 0 Å². The third kappa shape index (κ3) is 1.33. The van der Waals surface area contributed by atoms with Gasteiger partial charge in [0.05, 0.1) is 13.2 Å². The molecule has 1 nitrogen and oxygen atoms in total. The van der Waals surface area contributed by atoms with E-state index in [4.69, 9.17) is 4.74 Å². The van der Waals surface area contributed by atoms with E-state index in [0.29, 0.717) is 18.8 Å². The molecule has 0 N–H and O–H groups in total. The molecule has 2 rings (SSSR count). The topological polar surface area (TPSA) is 9.23 Å². The first-order chi connectivity index (χ1) is 6.12. The summed E-state index contributed by atoms with van der Waals surface area (Å²) in [5, 5.41) is 0. The molecule has 1 saturated heterocycles. The van der Waals surface area contributed by atoms with Crippen molar-refractivity contribution in [2.75, 3.05) is 13.2 Å². The number of rotatable bonds is 1. The first-order valence-corrected chi connectivity index (χ1v) is 4.15. The first-order valence-electron chi connectivity index (χ1n) is 4.15. The normalized spacial score (nSPS) is 19.6. The maximum absolute atomic E-state index is 13.3. The van der Waals surface area contributed by atoms with Crippen molar-refractivity contribution in [3.8, 4) is 0 Å². The molecular formula is C10H10F2O. The second-order valence-electron chi connectivity index (χ2n) is 3.68. The van der Waals surface area contributed by atoms with Crippen LogP contribution in [0.4, 0.5) is 8.78 Å². The molecule has 0 aromatic heterocycles. The van der Waals surface area contributed by atoms with E-state index in [1.165, 1.54) is 6.07 Å². The molecular weight excluding hydrogens is 174 g/mol. The van der Waals surface area contributed by atoms with Crippen LogP contribution in [-0.2, 0) is 10.2 Å². The average Bonchev–Trinajstić information content (AvgIpc) is 2.05. The number of halogens is 2. The molecule has 0 spiro atoms. The molecule has 1 aliphatic rings. The number of ether oxygens (including phenoxy) is 1. The van der Waals surface area contributed by atoms with Gasteiger partial charge in [0.1, 0.15) is 11.6 Å². The first kappa shape index (κ1) is 8.63. The fourth-order valence-electron chi connectivity index (χ4n) is 1.52. The van der Waals surface area contributed by atoms with Crippen LogP contribution in [0.2, 0.25) is 0 Å². The Hall–Kier alpha value is -0.960. The van der Waals surface area contributed by atoms with Gasteiger partial charge >= 0.3 is 0 Å². The van der Waals surface area contributed by atoms with Crippen LogP contribution in [0.5, 0.6) is 0 Å². The van der Waals surface area contributed by atoms with Gasteiger partial charge < -0.3 is 4.74 Å². The molecule has 0 saturated carbocycles. The molecule has 1 aliphatic heterocycles. The fourth-order valence-corrected chi connectivity index (χ4v) is 1.52. The molecule has 1 heterocycles. The van der Waals surface area contributed by atoms with E-state index < -0.39 is 5.82 Å². The minimum Gasteiger partial charge on any atom is -0.379 e. The van der Waals surface area contributed by atoms with Gasteiger partial charge in [-0.25, -0.2) is 8.78 Å². The predicted octanol–water partition coefficient (Wildman–Crippen LogP) is 2.25. The summed E-state index contributed by atoms with van der Waals surface area (Å²) in [6.07, 6.45) is 0. The summed E-state index contributed by atoms with van der Waals surface area (Å²) in [5.74, 6) is -0.753. The van der Waals surface area contributed by atoms with Crippen molar-refractivity contribution in [2.45, 2.75) is 12.3 Å². The molecule has 0 amide bonds. The summed E-state index contributed by atoms with van der Waals surface area (Å²) in [6.45, 7) is 2.80. The Balaban J connectivity index is 2.43. The van der Waals surface area contributed by atoms with E-state index in [-0.39, 0.29) is 11.2 Å². The maximum atomic E-state index is 13.3. The van der Waals surface area contributed by atoms with Gasteiger partial charge in [-0.1, -0.05) is 6.92 Å². The van der Waals surface area contributed by atoms with Crippen molar-refractivity contribution in [1.29, 1.82) is 0 Å². The Kier molecular flexibility index (Phi) is 1.84. The smallest absolute Gasteiger partial charge is 0.127 e. The lowest BCUT2D eigenvalue weighted by Gasteiger charge is -2.38. The van der Waals surface area contributed by atoms with Gasteiger partial charge in [-0.3, -0.25) is 0 Å². The highest BCUT2D eigenvalue weighted by atomic mass is 19.1. The molecule has 0 radical (unpaired) electrons. The van der Waals surface area contributed by atoms with Crippen LogP contribution in [0.15, 0.2) is 18.2 Å². The highest BCUT2D eigenvalue weighted by Crippen LogP contribution is 2.33. The van der Waals surface area contributed by atoms with Gasteiger partial charge in [0.15, 0.2) is 0 Å². The lowest BCUT2D eigenvalue weighted by atomic mass is 9.80. The third-order valence-corrected chi connectivity index (χ3v) is 2.42. The van der Waals surface area contributed by atoms with E-state index in [1.807, 2.05) is 6.92 Å². The summed E-state index contributed by atoms with van der Waals surface area (Å²) in [4.78, 5) is 0. The molecule has 1 fully saturated rings. The SMILES string of the molecule is CC1(c2cc(F)ccc2F)COC1. The van der Waals surface area contributed by atoms with Crippen molar-refractivity contribution in [3.63, 3.8) is 0 Å². The van der Waals surface area contributed by atoms with Gasteiger partial charge in [0.25, 0.3) is 0 Å². The molecule has 1 aromatic carbocycles. The Morgan fingerprint density at radius 1 is 1.31 bits per heavy atom. The largest absolute Gasteiger partial charge is 0.379 e. The van der Waals surface area contributed by atoms with Crippen LogP contribution < -0.4 is 0 Å². The Morgan fingerprint density at radius 2 is 2.00 bits per heavy atom. The van der Waals surface area contributed by atoms with Gasteiger partial charge in [-0.15, -0.1) is 0 Å². The van der Waals surface area contributed by atoms with E-state index in [1.54, 1.807) is 0 Å². The zero-order chi connectivity index (χ0) is 9.47. The highest BCUT2D eigenvalue weighted by molar-refractivity contribution is 5.29. The second kappa shape index (κ2) is 2.77. The van der Waals surface area contributed by atoms with E-state index >= 15 is 0 Å². The minimum absolute atomic E-state index is 0.341. The Bertz CT molecular complexity index is 332. The Morgan fingerprint density at radius 3 is 2.54 bits per heavy atom. The molecule has 70 valence electrons. The summed E-state index contributed by atoms with van der Waals surface area (Å²) in [5.41, 5.74) is 0.0744. The molecule has 0 unspecified atom stereocenters. The highest BCUT2D eigenvalue weighted by Gasteiger charge is 2.37. The van der Waals surface area contributed by atoms with Crippen LogP contribution in [0.25, 0.3) is 0 Å². The third-order valence-electron chi connectivity index (χ3n) is 2.42. The van der Waals surface area contributed by atoms with Crippen LogP contribution in [-0.4, -0.2) is 13.2 Å². The van der Waals surface area contributed by atoms with Crippen molar-refractivity contribution in [1.82, 2.24) is 0 Å². The quantitative estimate of drug-likeness (QED) is 0.650. The minimum atomic E-state index is -0.399. The van der Waals surface area contributed by atoms with E-state index in [9.17, 15) is 8.78 Å². The number of hydrogen-bond acceptors (Lipinski definition) is 1. The summed E-state index contributed by atoms with van der Waals surface area (Å²) < 4.78 is 31.1. The molecule has 13 heavy (non-hydrogen) atoms. The van der Waals surface area contributed by atoms with Gasteiger partial charge in [-0.05, 0) is 18.2 Å². The standard InChI is InChI=1S/C10H10F2O/c1-10(5-13-6-10)8-4-7(11)2-3-9(8)12/h2-4H,5-6H2,1H3. The second-order valence-corrected chi connectivity index (χ2v) is 3.68. The van der Waals surface area contributed by atoms with Crippen LogP contribution in [0, 0.1) is 11.6 Å². The lowest BCUT2D eigenvalue weighted by molar-refractivity contribution is -0.0517. The predicted molar refractivity (Wildman–Crippen MR) is 44.5 cm³/mol. The fraction of sp³-hybridized carbons (Fsp3) is 0.400. The van der Waals surface area contributed by atoms with Crippen molar-refractivity contribution in [3.05, 3.63) is 35.4 Å². The van der Waals surface area contributed by atoms with Gasteiger partial charge in [0, 0.05) is 11.0 Å². The average molecular weight is 184 g/mol. The Labute approximate surface area is 75.3 Å². The van der Waals surface area contributed by atoms with Crippen molar-refractivity contribution in [2.24, 2.45) is 0 Å². The monoisotopic (exact) mass is 184 g/mol. The zero-order valence-electron chi connectivity index (χ0n) is 7.31. The van der Waals surface area contributed by atoms with E-state index in [0.717, 1.165) is 12.1 Å². The zero-order valence-corrected chi connectivity index (χ0v) is 7.31. The lowest BCUT2D eigenvalue weighted by Crippen LogP contribution is -2.44. The van der Waals surface area contributed by atoms with Gasteiger partial charge in [0.2, 0.25) is 0 Å². The van der Waals surface area contributed by atoms with Crippen molar-refractivity contribution >= 4 is 0 Å².